The van der Waals surface area contributed by atoms with Gasteiger partial charge in [-0.1, -0.05) is 35.3 Å². The first-order chi connectivity index (χ1) is 8.58. The Kier molecular flexibility index (Phi) is 5.07. The molecule has 0 radical (unpaired) electrons. The predicted octanol–water partition coefficient (Wildman–Crippen LogP) is 3.56. The first kappa shape index (κ1) is 14.3. The topological polar surface area (TPSA) is 29.1 Å². The van der Waals surface area contributed by atoms with Gasteiger partial charge in [0.2, 0.25) is 0 Å². The van der Waals surface area contributed by atoms with Crippen molar-refractivity contribution in [2.75, 3.05) is 11.5 Å². The Bertz CT molecular complexity index is 443. The fourth-order valence-electron chi connectivity index (χ4n) is 2.26. The highest BCUT2D eigenvalue weighted by molar-refractivity contribution is 7.85. The second-order valence-electron chi connectivity index (χ2n) is 4.65. The summed E-state index contributed by atoms with van der Waals surface area (Å²) in [5.74, 6) is 1.60. The average Bonchev–Trinajstić information content (AvgIpc) is 2.35. The largest absolute Gasteiger partial charge is 0.307 e. The molecule has 1 unspecified atom stereocenters. The number of halogens is 2. The van der Waals surface area contributed by atoms with Crippen molar-refractivity contribution in [1.29, 1.82) is 0 Å². The van der Waals surface area contributed by atoms with Crippen LogP contribution in [0, 0.1) is 0 Å². The second kappa shape index (κ2) is 6.38. The molecule has 1 N–H and O–H groups in total. The van der Waals surface area contributed by atoms with E-state index in [1.165, 1.54) is 0 Å². The number of benzene rings is 1. The molecule has 5 heteroatoms. The summed E-state index contributed by atoms with van der Waals surface area (Å²) in [6.45, 7) is 2.09. The van der Waals surface area contributed by atoms with E-state index in [0.29, 0.717) is 16.1 Å². The van der Waals surface area contributed by atoms with Crippen molar-refractivity contribution >= 4 is 34.0 Å². The van der Waals surface area contributed by atoms with Crippen molar-refractivity contribution < 1.29 is 4.21 Å². The Morgan fingerprint density at radius 3 is 2.67 bits per heavy atom. The smallest absolute Gasteiger partial charge is 0.0639 e. The standard InChI is InChI=1S/C13H17Cl2NOS/c1-9(11-3-2-4-12(14)13(11)15)16-10-5-7-18(17)8-6-10/h2-4,9-10,16H,5-8H2,1H3. The van der Waals surface area contributed by atoms with Crippen LogP contribution in [-0.2, 0) is 10.8 Å². The Labute approximate surface area is 121 Å². The molecular formula is C13H17Cl2NOS. The lowest BCUT2D eigenvalue weighted by Gasteiger charge is -2.27. The minimum absolute atomic E-state index is 0.160. The summed E-state index contributed by atoms with van der Waals surface area (Å²) in [7, 11) is -0.615. The van der Waals surface area contributed by atoms with E-state index in [-0.39, 0.29) is 6.04 Å². The quantitative estimate of drug-likeness (QED) is 0.925. The molecule has 1 aliphatic heterocycles. The van der Waals surface area contributed by atoms with Crippen LogP contribution in [0.15, 0.2) is 18.2 Å². The van der Waals surface area contributed by atoms with E-state index in [9.17, 15) is 4.21 Å². The van der Waals surface area contributed by atoms with Crippen LogP contribution in [0.2, 0.25) is 10.0 Å². The van der Waals surface area contributed by atoms with Gasteiger partial charge in [0.1, 0.15) is 0 Å². The van der Waals surface area contributed by atoms with Gasteiger partial charge in [0, 0.05) is 34.4 Å². The van der Waals surface area contributed by atoms with Gasteiger partial charge < -0.3 is 5.32 Å². The van der Waals surface area contributed by atoms with Gasteiger partial charge in [0.05, 0.1) is 10.0 Å². The summed E-state index contributed by atoms with van der Waals surface area (Å²) in [5, 5.41) is 4.76. The molecule has 1 atom stereocenters. The van der Waals surface area contributed by atoms with E-state index >= 15 is 0 Å². The number of nitrogens with one attached hydrogen (secondary N) is 1. The fraction of sp³-hybridized carbons (Fsp3) is 0.538. The molecule has 18 heavy (non-hydrogen) atoms. The molecule has 2 nitrogen and oxygen atoms in total. The van der Waals surface area contributed by atoms with E-state index < -0.39 is 10.8 Å². The molecule has 100 valence electrons. The molecule has 1 aliphatic rings. The number of rotatable bonds is 3. The van der Waals surface area contributed by atoms with E-state index in [4.69, 9.17) is 23.2 Å². The zero-order chi connectivity index (χ0) is 13.1. The summed E-state index contributed by atoms with van der Waals surface area (Å²) < 4.78 is 11.3. The third kappa shape index (κ3) is 3.47. The maximum atomic E-state index is 11.3. The van der Waals surface area contributed by atoms with Crippen molar-refractivity contribution in [3.05, 3.63) is 33.8 Å². The molecule has 0 aliphatic carbocycles. The SMILES string of the molecule is CC(NC1CCS(=O)CC1)c1cccc(Cl)c1Cl. The molecule has 1 fully saturated rings. The van der Waals surface area contributed by atoms with Gasteiger partial charge in [-0.3, -0.25) is 4.21 Å². The van der Waals surface area contributed by atoms with Gasteiger partial charge >= 0.3 is 0 Å². The van der Waals surface area contributed by atoms with Gasteiger partial charge in [0.15, 0.2) is 0 Å². The molecule has 2 rings (SSSR count). The summed E-state index contributed by atoms with van der Waals surface area (Å²) in [6.07, 6.45) is 1.93. The summed E-state index contributed by atoms with van der Waals surface area (Å²) in [6, 6.07) is 6.29. The Balaban J connectivity index is 2.01. The van der Waals surface area contributed by atoms with E-state index in [2.05, 4.69) is 12.2 Å². The van der Waals surface area contributed by atoms with Crippen molar-refractivity contribution in [3.8, 4) is 0 Å². The average molecular weight is 306 g/mol. The molecule has 1 heterocycles. The van der Waals surface area contributed by atoms with Crippen LogP contribution in [0.25, 0.3) is 0 Å². The van der Waals surface area contributed by atoms with Crippen LogP contribution in [0.3, 0.4) is 0 Å². The highest BCUT2D eigenvalue weighted by Gasteiger charge is 2.21. The maximum absolute atomic E-state index is 11.3. The van der Waals surface area contributed by atoms with Gasteiger partial charge in [-0.05, 0) is 31.4 Å². The van der Waals surface area contributed by atoms with Crippen LogP contribution < -0.4 is 5.32 Å². The molecular weight excluding hydrogens is 289 g/mol. The van der Waals surface area contributed by atoms with Crippen LogP contribution in [0.1, 0.15) is 31.4 Å². The summed E-state index contributed by atoms with van der Waals surface area (Å²) >= 11 is 12.2. The second-order valence-corrected chi connectivity index (χ2v) is 7.14. The van der Waals surface area contributed by atoms with Crippen LogP contribution in [-0.4, -0.2) is 21.8 Å². The normalized spacial score (nSPS) is 25.9. The van der Waals surface area contributed by atoms with Crippen LogP contribution in [0.5, 0.6) is 0 Å². The van der Waals surface area contributed by atoms with Gasteiger partial charge in [-0.25, -0.2) is 0 Å². The number of hydrogen-bond acceptors (Lipinski definition) is 2. The monoisotopic (exact) mass is 305 g/mol. The molecule has 0 amide bonds. The minimum Gasteiger partial charge on any atom is -0.307 e. The molecule has 1 saturated heterocycles. The van der Waals surface area contributed by atoms with Crippen molar-refractivity contribution in [2.45, 2.75) is 31.8 Å². The van der Waals surface area contributed by atoms with Crippen LogP contribution >= 0.6 is 23.2 Å². The Hall–Kier alpha value is -0.0900. The highest BCUT2D eigenvalue weighted by atomic mass is 35.5. The zero-order valence-electron chi connectivity index (χ0n) is 10.3. The van der Waals surface area contributed by atoms with Gasteiger partial charge in [0.25, 0.3) is 0 Å². The molecule has 0 aromatic heterocycles. The lowest BCUT2D eigenvalue weighted by atomic mass is 10.1. The van der Waals surface area contributed by atoms with Crippen LogP contribution in [0.4, 0.5) is 0 Å². The molecule has 0 bridgehead atoms. The zero-order valence-corrected chi connectivity index (χ0v) is 12.6. The third-order valence-electron chi connectivity index (χ3n) is 3.32. The first-order valence-electron chi connectivity index (χ1n) is 6.13. The van der Waals surface area contributed by atoms with Crippen molar-refractivity contribution in [1.82, 2.24) is 5.32 Å². The minimum atomic E-state index is -0.615. The lowest BCUT2D eigenvalue weighted by Crippen LogP contribution is -2.37. The Morgan fingerprint density at radius 2 is 2.00 bits per heavy atom. The van der Waals surface area contributed by atoms with E-state index in [0.717, 1.165) is 29.9 Å². The fourth-order valence-corrected chi connectivity index (χ4v) is 4.03. The van der Waals surface area contributed by atoms with Gasteiger partial charge in [-0.15, -0.1) is 0 Å². The van der Waals surface area contributed by atoms with E-state index in [1.54, 1.807) is 6.07 Å². The summed E-state index contributed by atoms with van der Waals surface area (Å²) in [5.41, 5.74) is 1.02. The highest BCUT2D eigenvalue weighted by Crippen LogP contribution is 2.30. The van der Waals surface area contributed by atoms with Crippen molar-refractivity contribution in [3.63, 3.8) is 0 Å². The van der Waals surface area contributed by atoms with E-state index in [1.807, 2.05) is 12.1 Å². The lowest BCUT2D eigenvalue weighted by molar-refractivity contribution is 0.427. The molecule has 0 saturated carbocycles. The molecule has 1 aromatic rings. The first-order valence-corrected chi connectivity index (χ1v) is 8.37. The maximum Gasteiger partial charge on any atom is 0.0639 e. The molecule has 0 spiro atoms. The Morgan fingerprint density at radius 1 is 1.33 bits per heavy atom. The number of hydrogen-bond donors (Lipinski definition) is 1. The third-order valence-corrected chi connectivity index (χ3v) is 5.54. The van der Waals surface area contributed by atoms with Gasteiger partial charge in [-0.2, -0.15) is 0 Å². The predicted molar refractivity (Wildman–Crippen MR) is 78.9 cm³/mol. The molecule has 1 aromatic carbocycles. The summed E-state index contributed by atoms with van der Waals surface area (Å²) in [4.78, 5) is 0. The van der Waals surface area contributed by atoms with Crippen molar-refractivity contribution in [2.24, 2.45) is 0 Å².